The van der Waals surface area contributed by atoms with Crippen molar-refractivity contribution in [1.29, 1.82) is 0 Å². The smallest absolute Gasteiger partial charge is 0.316 e. The zero-order chi connectivity index (χ0) is 27.4. The standard InChI is InChI=1S/C26H28BrN7O4S/c27-19-13-16(24(37)34-10-1-3-17(14-34)22(28)35)4-5-20(19)31-23(36)21-15-39-26(32-21)33-11-6-18(7-12-33)38-25-29-8-2-9-30-25/h2,4-5,8-9,13,15,17-18H,1,3,6-7,10-12,14H2,(H2,28,35)(H,31,36). The Kier molecular flexibility index (Phi) is 8.36. The van der Waals surface area contributed by atoms with Crippen molar-refractivity contribution in [3.05, 3.63) is 57.8 Å². The number of carbonyl (C=O) groups excluding carboxylic acids is 3. The van der Waals surface area contributed by atoms with Crippen LogP contribution in [0.1, 0.15) is 46.5 Å². The van der Waals surface area contributed by atoms with Gasteiger partial charge in [-0.2, -0.15) is 0 Å². The number of nitrogens with two attached hydrogens (primary N) is 1. The lowest BCUT2D eigenvalue weighted by atomic mass is 9.97. The van der Waals surface area contributed by atoms with E-state index in [2.05, 4.69) is 41.1 Å². The summed E-state index contributed by atoms with van der Waals surface area (Å²) in [5, 5.41) is 5.39. The van der Waals surface area contributed by atoms with Crippen LogP contribution in [0.15, 0.2) is 46.5 Å². The molecule has 3 N–H and O–H groups in total. The maximum Gasteiger partial charge on any atom is 0.316 e. The van der Waals surface area contributed by atoms with Gasteiger partial charge in [0.05, 0.1) is 11.6 Å². The number of carbonyl (C=O) groups is 3. The van der Waals surface area contributed by atoms with Crippen molar-refractivity contribution in [3.63, 3.8) is 0 Å². The minimum atomic E-state index is -0.381. The van der Waals surface area contributed by atoms with E-state index < -0.39 is 0 Å². The normalized spacial score (nSPS) is 18.0. The van der Waals surface area contributed by atoms with E-state index in [0.29, 0.717) is 46.9 Å². The Bertz CT molecular complexity index is 1350. The summed E-state index contributed by atoms with van der Waals surface area (Å²) in [5.41, 5.74) is 6.76. The number of thiazole rings is 1. The minimum Gasteiger partial charge on any atom is -0.460 e. The van der Waals surface area contributed by atoms with E-state index in [4.69, 9.17) is 10.5 Å². The third-order valence-electron chi connectivity index (χ3n) is 6.83. The summed E-state index contributed by atoms with van der Waals surface area (Å²) >= 11 is 4.89. The molecule has 13 heteroatoms. The second-order valence-electron chi connectivity index (χ2n) is 9.49. The number of amides is 3. The summed E-state index contributed by atoms with van der Waals surface area (Å²) < 4.78 is 6.43. The molecule has 0 radical (unpaired) electrons. The average Bonchev–Trinajstić information content (AvgIpc) is 3.45. The van der Waals surface area contributed by atoms with Crippen molar-refractivity contribution in [2.24, 2.45) is 11.7 Å². The van der Waals surface area contributed by atoms with Crippen molar-refractivity contribution in [2.45, 2.75) is 31.8 Å². The molecule has 0 saturated carbocycles. The summed E-state index contributed by atoms with van der Waals surface area (Å²) in [4.78, 5) is 54.0. The molecule has 2 aliphatic heterocycles. The Hall–Kier alpha value is -3.58. The molecule has 0 bridgehead atoms. The lowest BCUT2D eigenvalue weighted by molar-refractivity contribution is -0.123. The van der Waals surface area contributed by atoms with Crippen molar-refractivity contribution < 1.29 is 19.1 Å². The molecule has 1 unspecified atom stereocenters. The summed E-state index contributed by atoms with van der Waals surface area (Å²) in [6.07, 6.45) is 6.39. The van der Waals surface area contributed by atoms with Gasteiger partial charge in [-0.15, -0.1) is 11.3 Å². The number of likely N-dealkylation sites (tertiary alicyclic amines) is 1. The van der Waals surface area contributed by atoms with E-state index in [-0.39, 0.29) is 29.7 Å². The van der Waals surface area contributed by atoms with Crippen LogP contribution in [0.4, 0.5) is 10.8 Å². The summed E-state index contributed by atoms with van der Waals surface area (Å²) in [5.74, 6) is -1.21. The van der Waals surface area contributed by atoms with Crippen molar-refractivity contribution >= 4 is 55.8 Å². The number of piperidine rings is 2. The van der Waals surface area contributed by atoms with Crippen LogP contribution in [0.3, 0.4) is 0 Å². The molecular formula is C26H28BrN7O4S. The number of primary amides is 1. The molecule has 11 nitrogen and oxygen atoms in total. The topological polar surface area (TPSA) is 144 Å². The molecule has 2 saturated heterocycles. The molecule has 0 aliphatic carbocycles. The molecule has 3 amide bonds. The SMILES string of the molecule is NC(=O)C1CCCN(C(=O)c2ccc(NC(=O)c3csc(N4CCC(Oc5ncccn5)CC4)n3)c(Br)c2)C1. The zero-order valence-electron chi connectivity index (χ0n) is 21.1. The van der Waals surface area contributed by atoms with Crippen LogP contribution in [0.5, 0.6) is 6.01 Å². The first-order valence-corrected chi connectivity index (χ1v) is 14.4. The number of benzene rings is 1. The molecule has 5 rings (SSSR count). The molecule has 2 aliphatic rings. The van der Waals surface area contributed by atoms with Gasteiger partial charge >= 0.3 is 6.01 Å². The fourth-order valence-corrected chi connectivity index (χ4v) is 6.02. The van der Waals surface area contributed by atoms with Crippen LogP contribution in [-0.2, 0) is 4.79 Å². The monoisotopic (exact) mass is 613 g/mol. The highest BCUT2D eigenvalue weighted by molar-refractivity contribution is 9.10. The van der Waals surface area contributed by atoms with Gasteiger partial charge in [0, 0.05) is 66.8 Å². The number of nitrogens with one attached hydrogen (secondary N) is 1. The Morgan fingerprint density at radius 1 is 1.10 bits per heavy atom. The van der Waals surface area contributed by atoms with E-state index >= 15 is 0 Å². The highest BCUT2D eigenvalue weighted by Gasteiger charge is 2.28. The van der Waals surface area contributed by atoms with Gasteiger partial charge in [-0.25, -0.2) is 15.0 Å². The van der Waals surface area contributed by atoms with Crippen LogP contribution in [0.25, 0.3) is 0 Å². The molecule has 1 atom stereocenters. The lowest BCUT2D eigenvalue weighted by Crippen LogP contribution is -2.44. The van der Waals surface area contributed by atoms with Gasteiger partial charge in [-0.05, 0) is 53.0 Å². The molecule has 39 heavy (non-hydrogen) atoms. The van der Waals surface area contributed by atoms with E-state index in [9.17, 15) is 14.4 Å². The first kappa shape index (κ1) is 27.0. The van der Waals surface area contributed by atoms with E-state index in [1.807, 2.05) is 0 Å². The van der Waals surface area contributed by atoms with E-state index in [1.165, 1.54) is 11.3 Å². The van der Waals surface area contributed by atoms with Gasteiger partial charge in [-0.1, -0.05) is 0 Å². The predicted molar refractivity (Wildman–Crippen MR) is 150 cm³/mol. The fourth-order valence-electron chi connectivity index (χ4n) is 4.69. The molecule has 1 aromatic carbocycles. The Balaban J connectivity index is 1.16. The van der Waals surface area contributed by atoms with Gasteiger partial charge in [0.15, 0.2) is 5.13 Å². The quantitative estimate of drug-likeness (QED) is 0.413. The Morgan fingerprint density at radius 2 is 1.87 bits per heavy atom. The van der Waals surface area contributed by atoms with E-state index in [1.54, 1.807) is 46.9 Å². The van der Waals surface area contributed by atoms with E-state index in [0.717, 1.165) is 37.5 Å². The number of aromatic nitrogens is 3. The van der Waals surface area contributed by atoms with Crippen molar-refractivity contribution in [1.82, 2.24) is 19.9 Å². The number of rotatable bonds is 7. The maximum absolute atomic E-state index is 13.0. The molecule has 0 spiro atoms. The molecule has 4 heterocycles. The molecular weight excluding hydrogens is 586 g/mol. The zero-order valence-corrected chi connectivity index (χ0v) is 23.5. The lowest BCUT2D eigenvalue weighted by Gasteiger charge is -2.31. The van der Waals surface area contributed by atoms with Gasteiger partial charge < -0.3 is 25.6 Å². The highest BCUT2D eigenvalue weighted by Crippen LogP contribution is 2.28. The summed E-state index contributed by atoms with van der Waals surface area (Å²) in [7, 11) is 0. The van der Waals surface area contributed by atoms with Gasteiger partial charge in [0.1, 0.15) is 11.8 Å². The van der Waals surface area contributed by atoms with Gasteiger partial charge in [-0.3, -0.25) is 14.4 Å². The van der Waals surface area contributed by atoms with Crippen molar-refractivity contribution in [2.75, 3.05) is 36.4 Å². The third-order valence-corrected chi connectivity index (χ3v) is 8.38. The number of nitrogens with zero attached hydrogens (tertiary/aromatic N) is 5. The molecule has 3 aromatic rings. The molecule has 2 aromatic heterocycles. The Morgan fingerprint density at radius 3 is 2.59 bits per heavy atom. The van der Waals surface area contributed by atoms with Crippen molar-refractivity contribution in [3.8, 4) is 6.01 Å². The minimum absolute atomic E-state index is 0.0399. The molecule has 2 fully saturated rings. The number of hydrogen-bond acceptors (Lipinski definition) is 9. The fraction of sp³-hybridized carbons (Fsp3) is 0.385. The first-order valence-electron chi connectivity index (χ1n) is 12.7. The van der Waals surface area contributed by atoms with Gasteiger partial charge in [0.25, 0.3) is 11.8 Å². The largest absolute Gasteiger partial charge is 0.460 e. The van der Waals surface area contributed by atoms with Crippen LogP contribution < -0.4 is 20.7 Å². The average molecular weight is 615 g/mol. The third kappa shape index (κ3) is 6.53. The summed E-state index contributed by atoms with van der Waals surface area (Å²) in [6.45, 7) is 2.41. The van der Waals surface area contributed by atoms with Crippen LogP contribution in [0, 0.1) is 5.92 Å². The Labute approximate surface area is 237 Å². The predicted octanol–water partition coefficient (Wildman–Crippen LogP) is 3.33. The maximum atomic E-state index is 13.0. The number of anilines is 2. The number of halogens is 1. The summed E-state index contributed by atoms with van der Waals surface area (Å²) in [6, 6.07) is 7.15. The number of hydrogen-bond donors (Lipinski definition) is 2. The van der Waals surface area contributed by atoms with Crippen LogP contribution >= 0.6 is 27.3 Å². The number of ether oxygens (including phenoxy) is 1. The first-order chi connectivity index (χ1) is 18.9. The highest BCUT2D eigenvalue weighted by atomic mass is 79.9. The van der Waals surface area contributed by atoms with Crippen LogP contribution in [-0.4, -0.2) is 69.9 Å². The second kappa shape index (κ2) is 12.1. The van der Waals surface area contributed by atoms with Gasteiger partial charge in [0.2, 0.25) is 5.91 Å². The second-order valence-corrected chi connectivity index (χ2v) is 11.2. The molecule has 204 valence electrons. The van der Waals surface area contributed by atoms with Crippen LogP contribution in [0.2, 0.25) is 0 Å².